The highest BCUT2D eigenvalue weighted by Crippen LogP contribution is 2.09. The van der Waals surface area contributed by atoms with Crippen LogP contribution in [0.5, 0.6) is 0 Å². The van der Waals surface area contributed by atoms with Crippen molar-refractivity contribution >= 4 is 77.7 Å². The van der Waals surface area contributed by atoms with Crippen LogP contribution in [-0.4, -0.2) is 130 Å². The number of rotatable bonds is 27. The first-order chi connectivity index (χ1) is 26.0. The van der Waals surface area contributed by atoms with Crippen molar-refractivity contribution in [1.29, 1.82) is 0 Å². The second-order valence-electron chi connectivity index (χ2n) is 13.3. The Kier molecular flexibility index (Phi) is 23.0. The van der Waals surface area contributed by atoms with Gasteiger partial charge in [-0.25, -0.2) is 4.79 Å². The number of carboxylic acid groups (broad SMARTS) is 2. The number of thiol groups is 1. The van der Waals surface area contributed by atoms with Crippen molar-refractivity contribution in [1.82, 2.24) is 37.2 Å². The number of carbonyl (C=O) groups excluding carboxylic acids is 9. The molecule has 0 aliphatic carbocycles. The molecule has 0 aliphatic rings. The van der Waals surface area contributed by atoms with Crippen LogP contribution in [0, 0.1) is 11.8 Å². The fraction of sp³-hybridized carbons (Fsp3) is 0.656. The largest absolute Gasteiger partial charge is 0.481 e. The van der Waals surface area contributed by atoms with E-state index in [1.807, 2.05) is 5.32 Å². The summed E-state index contributed by atoms with van der Waals surface area (Å²) in [5, 5.41) is 35.0. The van der Waals surface area contributed by atoms with Gasteiger partial charge in [0.05, 0.1) is 19.5 Å². The van der Waals surface area contributed by atoms with Gasteiger partial charge in [-0.2, -0.15) is 12.6 Å². The first-order valence-electron chi connectivity index (χ1n) is 17.4. The predicted octanol–water partition coefficient (Wildman–Crippen LogP) is -5.31. The van der Waals surface area contributed by atoms with Gasteiger partial charge in [0.1, 0.15) is 36.3 Å². The molecule has 0 saturated carbocycles. The number of hydrogen-bond acceptors (Lipinski definition) is 13. The fourth-order valence-electron chi connectivity index (χ4n) is 4.74. The minimum Gasteiger partial charge on any atom is -0.481 e. The number of hydrogen-bond donors (Lipinski definition) is 13. The van der Waals surface area contributed by atoms with E-state index in [4.69, 9.17) is 17.2 Å². The van der Waals surface area contributed by atoms with Crippen LogP contribution in [0.25, 0.3) is 0 Å². The number of primary amides is 2. The lowest BCUT2D eigenvalue weighted by molar-refractivity contribution is -0.144. The molecular formula is C32H54N10O13S. The van der Waals surface area contributed by atoms with Gasteiger partial charge in [0, 0.05) is 18.6 Å². The van der Waals surface area contributed by atoms with Gasteiger partial charge in [-0.3, -0.25) is 47.9 Å². The van der Waals surface area contributed by atoms with Crippen molar-refractivity contribution in [3.8, 4) is 0 Å². The van der Waals surface area contributed by atoms with Crippen LogP contribution >= 0.6 is 12.6 Å². The van der Waals surface area contributed by atoms with Gasteiger partial charge >= 0.3 is 11.9 Å². The van der Waals surface area contributed by atoms with Gasteiger partial charge in [-0.1, -0.05) is 27.7 Å². The third-order valence-corrected chi connectivity index (χ3v) is 8.04. The molecule has 6 atom stereocenters. The van der Waals surface area contributed by atoms with Gasteiger partial charge in [0.2, 0.25) is 53.2 Å². The van der Waals surface area contributed by atoms with Gasteiger partial charge < -0.3 is 64.6 Å². The molecule has 0 spiro atoms. The highest BCUT2D eigenvalue weighted by atomic mass is 32.1. The summed E-state index contributed by atoms with van der Waals surface area (Å²) < 4.78 is 0. The SMILES string of the molecule is CC(C)C[C@H](NC(=O)CNC(=O)CN)C(=O)N[C@@H](CS)C(=O)N[C@H](C(=O)N[C@@H](CCC(N)=O)C(=O)N[C@@H](CC(=O)O)C(=O)N[C@@H](CCC(N)=O)C(=O)O)C(C)C. The molecule has 0 unspecified atom stereocenters. The number of carbonyl (C=O) groups is 11. The lowest BCUT2D eigenvalue weighted by Gasteiger charge is -2.28. The quantitative estimate of drug-likeness (QED) is 0.0345. The van der Waals surface area contributed by atoms with E-state index in [9.17, 15) is 63.0 Å². The molecule has 56 heavy (non-hydrogen) atoms. The van der Waals surface area contributed by atoms with Gasteiger partial charge in [0.15, 0.2) is 0 Å². The number of nitrogens with one attached hydrogen (secondary N) is 7. The zero-order valence-electron chi connectivity index (χ0n) is 31.5. The summed E-state index contributed by atoms with van der Waals surface area (Å²) in [6, 6.07) is -9.15. The van der Waals surface area contributed by atoms with E-state index in [2.05, 4.69) is 44.5 Å². The van der Waals surface area contributed by atoms with Crippen LogP contribution in [0.15, 0.2) is 0 Å². The topological polar surface area (TPSA) is 390 Å². The fourth-order valence-corrected chi connectivity index (χ4v) is 5.00. The number of amides is 9. The van der Waals surface area contributed by atoms with Crippen molar-refractivity contribution < 1.29 is 63.0 Å². The minimum absolute atomic E-state index is 0.106. The third kappa shape index (κ3) is 20.2. The summed E-state index contributed by atoms with van der Waals surface area (Å²) >= 11 is 4.14. The third-order valence-electron chi connectivity index (χ3n) is 7.67. The van der Waals surface area contributed by atoms with E-state index >= 15 is 0 Å². The lowest BCUT2D eigenvalue weighted by atomic mass is 10.0. The molecule has 23 nitrogen and oxygen atoms in total. The number of aliphatic carboxylic acids is 2. The van der Waals surface area contributed by atoms with Crippen molar-refractivity contribution in [2.24, 2.45) is 29.0 Å². The maximum atomic E-state index is 13.5. The summed E-state index contributed by atoms with van der Waals surface area (Å²) in [4.78, 5) is 136. The summed E-state index contributed by atoms with van der Waals surface area (Å²) in [6.45, 7) is 5.79. The molecule has 15 N–H and O–H groups in total. The zero-order valence-corrected chi connectivity index (χ0v) is 32.4. The second kappa shape index (κ2) is 25.5. The summed E-state index contributed by atoms with van der Waals surface area (Å²) in [5.41, 5.74) is 15.5. The standard InChI is InChI=1S/C32H54N10O13S/c1-14(2)9-18(37-24(46)12-36-23(45)11-33)28(50)41-20(13-56)30(52)42-26(15(3)4)31(53)38-16(5-7-21(34)43)27(49)40-19(10-25(47)48)29(51)39-17(32(54)55)6-8-22(35)44/h14-20,26,56H,5-13,33H2,1-4H3,(H2,34,43)(H2,35,44)(H,36,45)(H,37,46)(H,38,53)(H,39,51)(H,40,49)(H,41,50)(H,42,52)(H,47,48)(H,54,55)/t16-,17-,18-,19-,20-,26-/m0/s1. The molecule has 0 aromatic carbocycles. The van der Waals surface area contributed by atoms with Crippen molar-refractivity contribution in [2.75, 3.05) is 18.8 Å². The van der Waals surface area contributed by atoms with Crippen LogP contribution in [-0.2, 0) is 52.7 Å². The van der Waals surface area contributed by atoms with Gasteiger partial charge in [-0.05, 0) is 31.1 Å². The smallest absolute Gasteiger partial charge is 0.326 e. The zero-order chi connectivity index (χ0) is 43.3. The minimum atomic E-state index is -1.90. The molecule has 0 saturated heterocycles. The molecule has 0 aromatic rings. The molecule has 0 radical (unpaired) electrons. The predicted molar refractivity (Wildman–Crippen MR) is 199 cm³/mol. The van der Waals surface area contributed by atoms with Crippen LogP contribution in [0.2, 0.25) is 0 Å². The Hall–Kier alpha value is -5.52. The van der Waals surface area contributed by atoms with E-state index in [0.717, 1.165) is 0 Å². The monoisotopic (exact) mass is 818 g/mol. The van der Waals surface area contributed by atoms with E-state index in [1.54, 1.807) is 13.8 Å². The van der Waals surface area contributed by atoms with Crippen LogP contribution in [0.3, 0.4) is 0 Å². The Balaban J connectivity index is 6.11. The summed E-state index contributed by atoms with van der Waals surface area (Å²) in [7, 11) is 0. The van der Waals surface area contributed by atoms with Gasteiger partial charge in [-0.15, -0.1) is 0 Å². The Morgan fingerprint density at radius 2 is 1.05 bits per heavy atom. The van der Waals surface area contributed by atoms with Crippen molar-refractivity contribution in [2.45, 2.75) is 102 Å². The molecule has 24 heteroatoms. The molecular weight excluding hydrogens is 764 g/mol. The van der Waals surface area contributed by atoms with Crippen molar-refractivity contribution in [3.63, 3.8) is 0 Å². The molecule has 0 aliphatic heterocycles. The molecule has 0 aromatic heterocycles. The highest BCUT2D eigenvalue weighted by Gasteiger charge is 2.35. The second-order valence-corrected chi connectivity index (χ2v) is 13.7. The van der Waals surface area contributed by atoms with Crippen molar-refractivity contribution in [3.05, 3.63) is 0 Å². The molecule has 0 heterocycles. The van der Waals surface area contributed by atoms with E-state index < -0.39 is 146 Å². The number of nitrogens with two attached hydrogens (primary N) is 3. The lowest BCUT2D eigenvalue weighted by Crippen LogP contribution is -2.61. The Morgan fingerprint density at radius 3 is 1.52 bits per heavy atom. The first-order valence-corrected chi connectivity index (χ1v) is 18.1. The van der Waals surface area contributed by atoms with Crippen LogP contribution in [0.1, 0.15) is 66.2 Å². The first kappa shape index (κ1) is 50.5. The van der Waals surface area contributed by atoms with E-state index in [1.165, 1.54) is 13.8 Å². The van der Waals surface area contributed by atoms with Gasteiger partial charge in [0.25, 0.3) is 0 Å². The molecule has 9 amide bonds. The Morgan fingerprint density at radius 1 is 0.589 bits per heavy atom. The molecule has 316 valence electrons. The molecule has 0 rings (SSSR count). The molecule has 0 fully saturated rings. The molecule has 0 bridgehead atoms. The van der Waals surface area contributed by atoms with Crippen LogP contribution < -0.4 is 54.4 Å². The van der Waals surface area contributed by atoms with E-state index in [-0.39, 0.29) is 24.6 Å². The maximum absolute atomic E-state index is 13.5. The summed E-state index contributed by atoms with van der Waals surface area (Å²) in [6.07, 6.45) is -2.76. The normalized spacial score (nSPS) is 14.1. The Bertz CT molecular complexity index is 1460. The number of carboxylic acids is 2. The average Bonchev–Trinajstić information content (AvgIpc) is 3.09. The highest BCUT2D eigenvalue weighted by molar-refractivity contribution is 7.80. The summed E-state index contributed by atoms with van der Waals surface area (Å²) in [5.74, 6) is -12.4. The average molecular weight is 819 g/mol. The maximum Gasteiger partial charge on any atom is 0.326 e. The van der Waals surface area contributed by atoms with Crippen LogP contribution in [0.4, 0.5) is 0 Å². The van der Waals surface area contributed by atoms with E-state index in [0.29, 0.717) is 0 Å². The Labute approximate surface area is 327 Å².